The van der Waals surface area contributed by atoms with Crippen molar-refractivity contribution < 1.29 is 8.95 Å². The van der Waals surface area contributed by atoms with Gasteiger partial charge in [0, 0.05) is 22.6 Å². The van der Waals surface area contributed by atoms with E-state index in [9.17, 15) is 4.21 Å². The van der Waals surface area contributed by atoms with Crippen LogP contribution >= 0.6 is 0 Å². The molecule has 0 aliphatic rings. The normalized spacial score (nSPS) is 12.5. The average Bonchev–Trinajstić information content (AvgIpc) is 2.04. The van der Waals surface area contributed by atoms with Gasteiger partial charge in [-0.1, -0.05) is 18.2 Å². The Bertz CT molecular complexity index is 284. The van der Waals surface area contributed by atoms with Crippen molar-refractivity contribution in [3.63, 3.8) is 0 Å². The van der Waals surface area contributed by atoms with E-state index in [2.05, 4.69) is 0 Å². The predicted molar refractivity (Wildman–Crippen MR) is 50.8 cm³/mol. The van der Waals surface area contributed by atoms with Gasteiger partial charge in [0.05, 0.1) is 12.9 Å². The summed E-state index contributed by atoms with van der Waals surface area (Å²) < 4.78 is 16.0. The lowest BCUT2D eigenvalue weighted by molar-refractivity contribution is 0.411. The van der Waals surface area contributed by atoms with Crippen LogP contribution in [0.2, 0.25) is 0 Å². The molecular formula is C9H12O2S. The molecule has 0 aliphatic carbocycles. The molecule has 0 saturated heterocycles. The lowest BCUT2D eigenvalue weighted by atomic mass is 10.2. The molecule has 0 aromatic heterocycles. The van der Waals surface area contributed by atoms with Gasteiger partial charge in [0.25, 0.3) is 0 Å². The molecule has 0 spiro atoms. The Labute approximate surface area is 75.0 Å². The zero-order valence-corrected chi connectivity index (χ0v) is 8.06. The largest absolute Gasteiger partial charge is 0.496 e. The second kappa shape index (κ2) is 4.26. The van der Waals surface area contributed by atoms with Crippen LogP contribution in [0.4, 0.5) is 0 Å². The number of ether oxygens (including phenoxy) is 1. The van der Waals surface area contributed by atoms with Gasteiger partial charge >= 0.3 is 0 Å². The van der Waals surface area contributed by atoms with Crippen LogP contribution in [-0.2, 0) is 16.6 Å². The second-order valence-corrected chi connectivity index (χ2v) is 3.96. The smallest absolute Gasteiger partial charge is 0.122 e. The fraction of sp³-hybridized carbons (Fsp3) is 0.333. The molecule has 0 aliphatic heterocycles. The Balaban J connectivity index is 2.89. The van der Waals surface area contributed by atoms with Crippen molar-refractivity contribution in [1.82, 2.24) is 0 Å². The number of hydrogen-bond acceptors (Lipinski definition) is 2. The zero-order chi connectivity index (χ0) is 8.97. The van der Waals surface area contributed by atoms with Crippen molar-refractivity contribution in [3.05, 3.63) is 29.8 Å². The van der Waals surface area contributed by atoms with Crippen molar-refractivity contribution in [2.75, 3.05) is 13.4 Å². The summed E-state index contributed by atoms with van der Waals surface area (Å²) in [5.41, 5.74) is 1.00. The summed E-state index contributed by atoms with van der Waals surface area (Å²) in [4.78, 5) is 0. The molecule has 66 valence electrons. The van der Waals surface area contributed by atoms with Crippen LogP contribution in [0.25, 0.3) is 0 Å². The first-order valence-corrected chi connectivity index (χ1v) is 5.38. The third kappa shape index (κ3) is 2.34. The summed E-state index contributed by atoms with van der Waals surface area (Å²) in [7, 11) is 0.814. The van der Waals surface area contributed by atoms with E-state index >= 15 is 0 Å². The zero-order valence-electron chi connectivity index (χ0n) is 7.24. The molecule has 0 heterocycles. The van der Waals surface area contributed by atoms with Gasteiger partial charge < -0.3 is 4.74 Å². The van der Waals surface area contributed by atoms with Crippen LogP contribution in [0.5, 0.6) is 5.75 Å². The third-order valence-electron chi connectivity index (χ3n) is 1.55. The molecule has 1 atom stereocenters. The Kier molecular flexibility index (Phi) is 3.29. The summed E-state index contributed by atoms with van der Waals surface area (Å²) in [6, 6.07) is 7.63. The molecular weight excluding hydrogens is 172 g/mol. The molecule has 0 radical (unpaired) electrons. The lowest BCUT2D eigenvalue weighted by Crippen LogP contribution is -1.95. The Morgan fingerprint density at radius 3 is 2.67 bits per heavy atom. The van der Waals surface area contributed by atoms with Crippen LogP contribution in [-0.4, -0.2) is 17.6 Å². The molecule has 1 rings (SSSR count). The van der Waals surface area contributed by atoms with Crippen molar-refractivity contribution >= 4 is 10.8 Å². The summed E-state index contributed by atoms with van der Waals surface area (Å²) in [6.07, 6.45) is 1.69. The second-order valence-electron chi connectivity index (χ2n) is 2.53. The third-order valence-corrected chi connectivity index (χ3v) is 2.27. The predicted octanol–water partition coefficient (Wildman–Crippen LogP) is 1.57. The van der Waals surface area contributed by atoms with E-state index in [1.165, 1.54) is 0 Å². The first-order valence-electron chi connectivity index (χ1n) is 3.66. The van der Waals surface area contributed by atoms with E-state index in [1.807, 2.05) is 24.3 Å². The van der Waals surface area contributed by atoms with Crippen molar-refractivity contribution in [1.29, 1.82) is 0 Å². The number of hydrogen-bond donors (Lipinski definition) is 0. The Morgan fingerprint density at radius 1 is 1.42 bits per heavy atom. The highest BCUT2D eigenvalue weighted by Crippen LogP contribution is 2.18. The molecule has 3 heteroatoms. The van der Waals surface area contributed by atoms with Gasteiger partial charge in [-0.25, -0.2) is 0 Å². The minimum atomic E-state index is -0.808. The lowest BCUT2D eigenvalue weighted by Gasteiger charge is -2.05. The van der Waals surface area contributed by atoms with Gasteiger partial charge in [0.1, 0.15) is 5.75 Å². The van der Waals surface area contributed by atoms with Crippen LogP contribution < -0.4 is 4.74 Å². The summed E-state index contributed by atoms with van der Waals surface area (Å²) >= 11 is 0. The molecule has 12 heavy (non-hydrogen) atoms. The molecule has 0 saturated carbocycles. The maximum Gasteiger partial charge on any atom is 0.122 e. The quantitative estimate of drug-likeness (QED) is 0.712. The molecule has 0 N–H and O–H groups in total. The van der Waals surface area contributed by atoms with Crippen LogP contribution in [0.15, 0.2) is 24.3 Å². The molecule has 2 nitrogen and oxygen atoms in total. The first-order chi connectivity index (χ1) is 5.74. The average molecular weight is 184 g/mol. The van der Waals surface area contributed by atoms with Crippen LogP contribution in [0, 0.1) is 0 Å². The molecule has 0 amide bonds. The van der Waals surface area contributed by atoms with Gasteiger partial charge in [-0.2, -0.15) is 0 Å². The number of methoxy groups -OCH3 is 1. The van der Waals surface area contributed by atoms with Crippen molar-refractivity contribution in [2.45, 2.75) is 5.75 Å². The Morgan fingerprint density at radius 2 is 2.08 bits per heavy atom. The molecule has 1 unspecified atom stereocenters. The van der Waals surface area contributed by atoms with E-state index in [0.29, 0.717) is 5.75 Å². The maximum absolute atomic E-state index is 10.9. The van der Waals surface area contributed by atoms with E-state index in [4.69, 9.17) is 4.74 Å². The highest BCUT2D eigenvalue weighted by molar-refractivity contribution is 7.83. The van der Waals surface area contributed by atoms with Gasteiger partial charge in [-0.05, 0) is 6.07 Å². The van der Waals surface area contributed by atoms with Crippen LogP contribution in [0.3, 0.4) is 0 Å². The van der Waals surface area contributed by atoms with E-state index in [0.717, 1.165) is 11.3 Å². The van der Waals surface area contributed by atoms with Gasteiger partial charge in [0.15, 0.2) is 0 Å². The van der Waals surface area contributed by atoms with E-state index < -0.39 is 10.8 Å². The monoisotopic (exact) mass is 184 g/mol. The maximum atomic E-state index is 10.9. The molecule has 0 fully saturated rings. The Hall–Kier alpha value is -0.830. The topological polar surface area (TPSA) is 26.3 Å². The van der Waals surface area contributed by atoms with Gasteiger partial charge in [0.2, 0.25) is 0 Å². The number of benzene rings is 1. The fourth-order valence-electron chi connectivity index (χ4n) is 1.04. The first kappa shape index (κ1) is 9.26. The molecule has 0 bridgehead atoms. The fourth-order valence-corrected chi connectivity index (χ4v) is 1.72. The highest BCUT2D eigenvalue weighted by atomic mass is 32.2. The number of rotatable bonds is 3. The summed E-state index contributed by atoms with van der Waals surface area (Å²) in [5, 5.41) is 0. The molecule has 1 aromatic rings. The van der Waals surface area contributed by atoms with Crippen molar-refractivity contribution in [3.8, 4) is 5.75 Å². The summed E-state index contributed by atoms with van der Waals surface area (Å²) in [6.45, 7) is 0. The van der Waals surface area contributed by atoms with Crippen molar-refractivity contribution in [2.24, 2.45) is 0 Å². The number of para-hydroxylation sites is 1. The minimum Gasteiger partial charge on any atom is -0.496 e. The SMILES string of the molecule is COc1ccccc1CS(C)=O. The molecule has 1 aromatic carbocycles. The standard InChI is InChI=1S/C9H12O2S/c1-11-9-6-4-3-5-8(9)7-12(2)10/h3-6H,7H2,1-2H3. The van der Waals surface area contributed by atoms with E-state index in [-0.39, 0.29) is 0 Å². The highest BCUT2D eigenvalue weighted by Gasteiger charge is 2.02. The van der Waals surface area contributed by atoms with E-state index in [1.54, 1.807) is 13.4 Å². The van der Waals surface area contributed by atoms with Gasteiger partial charge in [-0.3, -0.25) is 4.21 Å². The van der Waals surface area contributed by atoms with Gasteiger partial charge in [-0.15, -0.1) is 0 Å². The summed E-state index contributed by atoms with van der Waals surface area (Å²) in [5.74, 6) is 1.37. The minimum absolute atomic E-state index is 0.560. The van der Waals surface area contributed by atoms with Crippen LogP contribution in [0.1, 0.15) is 5.56 Å².